The van der Waals surface area contributed by atoms with Crippen LogP contribution in [0.4, 0.5) is 5.69 Å². The summed E-state index contributed by atoms with van der Waals surface area (Å²) in [5.74, 6) is -0.0282. The van der Waals surface area contributed by atoms with Gasteiger partial charge in [-0.1, -0.05) is 41.9 Å². The number of rotatable bonds is 1. The van der Waals surface area contributed by atoms with Gasteiger partial charge in [-0.2, -0.15) is 0 Å². The molecule has 0 bridgehead atoms. The normalized spacial score (nSPS) is 13.3. The molecule has 3 rings (SSSR count). The van der Waals surface area contributed by atoms with Crippen LogP contribution in [0.3, 0.4) is 0 Å². The van der Waals surface area contributed by atoms with E-state index >= 15 is 0 Å². The second kappa shape index (κ2) is 8.84. The van der Waals surface area contributed by atoms with E-state index in [1.54, 1.807) is 18.0 Å². The molecule has 0 atom stereocenters. The van der Waals surface area contributed by atoms with E-state index in [0.29, 0.717) is 5.02 Å². The summed E-state index contributed by atoms with van der Waals surface area (Å²) in [5, 5.41) is 0.634. The Balaban J connectivity index is 0.00000161. The zero-order valence-corrected chi connectivity index (χ0v) is 19.6. The fourth-order valence-corrected chi connectivity index (χ4v) is 2.48. The van der Waals surface area contributed by atoms with Crippen molar-refractivity contribution in [2.45, 2.75) is 0 Å². The van der Waals surface area contributed by atoms with Gasteiger partial charge in [-0.25, -0.2) is 0 Å². The first-order valence-corrected chi connectivity index (χ1v) is 6.71. The third kappa shape index (κ3) is 4.15. The Hall–Kier alpha value is 0.130. The average Bonchev–Trinajstić information content (AvgIpc) is 2.58. The first-order valence-electron chi connectivity index (χ1n) is 6.33. The summed E-state index contributed by atoms with van der Waals surface area (Å²) in [6.07, 6.45) is 0. The van der Waals surface area contributed by atoms with Gasteiger partial charge >= 0.3 is 51.4 Å². The smallest absolute Gasteiger partial charge is 1.00 e. The van der Waals surface area contributed by atoms with Crippen molar-refractivity contribution in [2.75, 3.05) is 18.5 Å². The van der Waals surface area contributed by atoms with Crippen LogP contribution in [0, 0.1) is 0 Å². The van der Waals surface area contributed by atoms with E-state index in [0.717, 1.165) is 22.5 Å². The number of carbonyl (C=O) groups is 1. The summed E-state index contributed by atoms with van der Waals surface area (Å²) in [6.45, 7) is 0.146. The molecule has 0 spiro atoms. The number of likely N-dealkylation sites (N-methyl/N-ethyl adjacent to an activating group) is 1. The van der Waals surface area contributed by atoms with Gasteiger partial charge < -0.3 is 6.33 Å². The summed E-state index contributed by atoms with van der Waals surface area (Å²) in [7, 11) is 1.76. The fraction of sp³-hybridized carbons (Fsp3) is 0.125. The summed E-state index contributed by atoms with van der Waals surface area (Å²) in [6, 6.07) is 15.3. The van der Waals surface area contributed by atoms with Crippen LogP contribution in [-0.2, 0) is 24.3 Å². The Morgan fingerprint density at radius 3 is 2.55 bits per heavy atom. The number of nitrogens with zero attached hydrogens (tertiary/aromatic N) is 2. The van der Waals surface area contributed by atoms with Crippen LogP contribution >= 0.6 is 11.6 Å². The predicted octanol–water partition coefficient (Wildman–Crippen LogP) is 0.268. The molecule has 1 amide bonds. The second-order valence-electron chi connectivity index (χ2n) is 4.65. The molecule has 3 nitrogen and oxygen atoms in total. The average molecular weight is 390 g/mol. The molecular weight excluding hydrogens is 376 g/mol. The molecule has 1 aliphatic heterocycles. The van der Waals surface area contributed by atoms with Gasteiger partial charge in [0, 0.05) is 42.7 Å². The number of halogens is 1. The Labute approximate surface area is 191 Å². The number of aliphatic imine (C=N–C) groups is 1. The molecule has 1 heterocycles. The summed E-state index contributed by atoms with van der Waals surface area (Å²) in [4.78, 5) is 18.1. The summed E-state index contributed by atoms with van der Waals surface area (Å²) in [5.41, 5.74) is 3.51. The van der Waals surface area contributed by atoms with E-state index in [1.807, 2.05) is 42.5 Å². The second-order valence-corrected chi connectivity index (χ2v) is 5.08. The Kier molecular flexibility index (Phi) is 8.10. The van der Waals surface area contributed by atoms with Crippen LogP contribution in [0.15, 0.2) is 53.5 Å². The van der Waals surface area contributed by atoms with Gasteiger partial charge in [0.2, 0.25) is 5.91 Å². The number of anilines is 1. The molecule has 22 heavy (non-hydrogen) atoms. The molecule has 0 aliphatic carbocycles. The van der Waals surface area contributed by atoms with E-state index in [-0.39, 0.29) is 84.7 Å². The maximum atomic E-state index is 12.0. The third-order valence-electron chi connectivity index (χ3n) is 3.37. The zero-order valence-electron chi connectivity index (χ0n) is 13.7. The van der Waals surface area contributed by atoms with Crippen LogP contribution in [0.1, 0.15) is 12.6 Å². The minimum absolute atomic E-state index is 0. The molecule has 6 heteroatoms. The molecule has 0 fully saturated rings. The minimum Gasteiger partial charge on any atom is -1.00 e. The maximum absolute atomic E-state index is 12.0. The molecule has 2 aromatic carbocycles. The Morgan fingerprint density at radius 1 is 1.18 bits per heavy atom. The van der Waals surface area contributed by atoms with E-state index in [1.165, 1.54) is 0 Å². The van der Waals surface area contributed by atoms with Crippen molar-refractivity contribution in [1.82, 2.24) is 0 Å². The van der Waals surface area contributed by atoms with E-state index in [2.05, 4.69) is 4.99 Å². The Morgan fingerprint density at radius 2 is 1.86 bits per heavy atom. The monoisotopic (exact) mass is 388 g/mol. The molecule has 0 N–H and O–H groups in total. The van der Waals surface area contributed by atoms with E-state index in [9.17, 15) is 4.79 Å². The molecule has 0 aromatic heterocycles. The van der Waals surface area contributed by atoms with Crippen molar-refractivity contribution in [3.8, 4) is 0 Å². The van der Waals surface area contributed by atoms with Crippen LogP contribution in [-0.4, -0.2) is 25.2 Å². The maximum Gasteiger partial charge on any atom is 1.00 e. The van der Waals surface area contributed by atoms with Gasteiger partial charge in [0.25, 0.3) is 0 Å². The molecule has 0 saturated heterocycles. The SMILES string of the molecule is CN1C(=O)CN=C(c2ccccc2)c2cc(Cl)ccc21.[H-].[K+].[Zn]. The van der Waals surface area contributed by atoms with E-state index < -0.39 is 0 Å². The van der Waals surface area contributed by atoms with Gasteiger partial charge in [0.05, 0.1) is 11.4 Å². The van der Waals surface area contributed by atoms with E-state index in [4.69, 9.17) is 11.6 Å². The van der Waals surface area contributed by atoms with Gasteiger partial charge in [0.15, 0.2) is 0 Å². The number of hydrogen-bond donors (Lipinski definition) is 0. The molecule has 1 aliphatic rings. The number of hydrogen-bond acceptors (Lipinski definition) is 2. The van der Waals surface area contributed by atoms with Gasteiger partial charge in [-0.15, -0.1) is 0 Å². The topological polar surface area (TPSA) is 32.7 Å². The molecule has 0 saturated carbocycles. The third-order valence-corrected chi connectivity index (χ3v) is 3.60. The van der Waals surface area contributed by atoms with Gasteiger partial charge in [-0.05, 0) is 18.2 Å². The van der Waals surface area contributed by atoms with Crippen molar-refractivity contribution in [2.24, 2.45) is 4.99 Å². The fourth-order valence-electron chi connectivity index (χ4n) is 2.31. The van der Waals surface area contributed by atoms with Crippen molar-refractivity contribution in [1.29, 1.82) is 0 Å². The number of amides is 1. The van der Waals surface area contributed by atoms with Gasteiger partial charge in [-0.3, -0.25) is 9.79 Å². The molecule has 0 radical (unpaired) electrons. The number of benzodiazepines with no additional fused rings is 1. The first kappa shape index (κ1) is 20.2. The van der Waals surface area contributed by atoms with Crippen LogP contribution in [0.2, 0.25) is 5.02 Å². The number of benzene rings is 2. The largest absolute Gasteiger partial charge is 1.00 e. The first-order chi connectivity index (χ1) is 9.66. The van der Waals surface area contributed by atoms with Crippen molar-refractivity contribution in [3.05, 3.63) is 64.7 Å². The number of carbonyl (C=O) groups excluding carboxylic acids is 1. The molecule has 0 unspecified atom stereocenters. The predicted molar refractivity (Wildman–Crippen MR) is 82.9 cm³/mol. The Bertz CT molecular complexity index is 712. The van der Waals surface area contributed by atoms with Crippen molar-refractivity contribution in [3.63, 3.8) is 0 Å². The molecule has 104 valence electrons. The summed E-state index contributed by atoms with van der Waals surface area (Å²) < 4.78 is 0. The van der Waals surface area contributed by atoms with Crippen LogP contribution in [0.5, 0.6) is 0 Å². The molecule has 2 aromatic rings. The van der Waals surface area contributed by atoms with Gasteiger partial charge in [0.1, 0.15) is 6.54 Å². The number of fused-ring (bicyclic) bond motifs is 1. The quantitative estimate of drug-likeness (QED) is 0.644. The van der Waals surface area contributed by atoms with Crippen molar-refractivity contribution >= 4 is 28.9 Å². The molecular formula is C16H14ClKN2OZn. The van der Waals surface area contributed by atoms with Crippen LogP contribution < -0.4 is 56.3 Å². The summed E-state index contributed by atoms with van der Waals surface area (Å²) >= 11 is 6.11. The minimum atomic E-state index is -0.0282. The zero-order chi connectivity index (χ0) is 14.1. The van der Waals surface area contributed by atoms with Crippen LogP contribution in [0.25, 0.3) is 0 Å². The standard InChI is InChI=1S/C16H13ClN2O.K.Zn.H/c1-19-14-8-7-12(17)9-13(14)16(18-10-15(19)20)11-5-3-2-4-6-11;;;/h2-9H,10H2,1H3;;;/q;+1;;-1. The van der Waals surface area contributed by atoms with Crippen molar-refractivity contribution < 1.29 is 77.1 Å².